The van der Waals surface area contributed by atoms with Gasteiger partial charge in [0.05, 0.1) is 11.7 Å². The zero-order chi connectivity index (χ0) is 18.7. The van der Waals surface area contributed by atoms with Gasteiger partial charge in [0.1, 0.15) is 11.8 Å². The zero-order valence-electron chi connectivity index (χ0n) is 15.5. The topological polar surface area (TPSA) is 85.6 Å². The minimum absolute atomic E-state index is 0.0862. The standard InChI is InChI=1S/C20H27N3O3/c1-23(2)7-3-4-14-5-6-15(13-21)18(8-14)26-17-11-20(12-17)9-16(10-20)22-19(24)25/h5-6,8,16-17,22H,3-4,7,9-12H2,1-2H3,(H,24,25). The van der Waals surface area contributed by atoms with Crippen LogP contribution in [0.1, 0.15) is 43.2 Å². The van der Waals surface area contributed by atoms with Crippen LogP contribution in [-0.4, -0.2) is 48.9 Å². The summed E-state index contributed by atoms with van der Waals surface area (Å²) in [6, 6.07) is 8.18. The van der Waals surface area contributed by atoms with Crippen molar-refractivity contribution in [1.29, 1.82) is 5.26 Å². The molecule has 0 saturated heterocycles. The van der Waals surface area contributed by atoms with Crippen LogP contribution < -0.4 is 10.1 Å². The first-order valence-electron chi connectivity index (χ1n) is 9.23. The van der Waals surface area contributed by atoms with Crippen molar-refractivity contribution in [3.63, 3.8) is 0 Å². The van der Waals surface area contributed by atoms with Crippen molar-refractivity contribution in [2.75, 3.05) is 20.6 Å². The number of amides is 1. The van der Waals surface area contributed by atoms with Gasteiger partial charge in [-0.1, -0.05) is 6.07 Å². The molecule has 6 nitrogen and oxygen atoms in total. The molecule has 3 rings (SSSR count). The number of carbonyl (C=O) groups is 1. The summed E-state index contributed by atoms with van der Waals surface area (Å²) in [7, 11) is 4.13. The molecule has 2 saturated carbocycles. The van der Waals surface area contributed by atoms with Crippen molar-refractivity contribution in [1.82, 2.24) is 10.2 Å². The summed E-state index contributed by atoms with van der Waals surface area (Å²) < 4.78 is 6.12. The Bertz CT molecular complexity index is 697. The highest BCUT2D eigenvalue weighted by molar-refractivity contribution is 5.65. The van der Waals surface area contributed by atoms with Crippen molar-refractivity contribution < 1.29 is 14.6 Å². The van der Waals surface area contributed by atoms with Gasteiger partial charge in [0.25, 0.3) is 0 Å². The van der Waals surface area contributed by atoms with Gasteiger partial charge in [-0.25, -0.2) is 4.79 Å². The molecule has 0 atom stereocenters. The van der Waals surface area contributed by atoms with E-state index < -0.39 is 6.09 Å². The summed E-state index contributed by atoms with van der Waals surface area (Å²) in [4.78, 5) is 12.8. The molecule has 140 valence electrons. The molecule has 2 fully saturated rings. The number of carboxylic acid groups (broad SMARTS) is 1. The van der Waals surface area contributed by atoms with Gasteiger partial charge in [0.2, 0.25) is 0 Å². The summed E-state index contributed by atoms with van der Waals surface area (Å²) in [5.41, 5.74) is 2.03. The molecule has 1 aromatic carbocycles. The third-order valence-corrected chi connectivity index (χ3v) is 5.54. The van der Waals surface area contributed by atoms with Crippen LogP contribution in [-0.2, 0) is 6.42 Å². The zero-order valence-corrected chi connectivity index (χ0v) is 15.5. The van der Waals surface area contributed by atoms with E-state index >= 15 is 0 Å². The Morgan fingerprint density at radius 2 is 2.12 bits per heavy atom. The summed E-state index contributed by atoms with van der Waals surface area (Å²) in [6.07, 6.45) is 4.91. The van der Waals surface area contributed by atoms with E-state index in [0.29, 0.717) is 11.3 Å². The van der Waals surface area contributed by atoms with Gasteiger partial charge in [0, 0.05) is 6.04 Å². The van der Waals surface area contributed by atoms with Crippen LogP contribution in [0, 0.1) is 16.7 Å². The van der Waals surface area contributed by atoms with Crippen LogP contribution in [0.5, 0.6) is 5.75 Å². The Hall–Kier alpha value is -2.26. The highest BCUT2D eigenvalue weighted by atomic mass is 16.5. The number of hydrogen-bond donors (Lipinski definition) is 2. The largest absolute Gasteiger partial charge is 0.489 e. The van der Waals surface area contributed by atoms with Crippen molar-refractivity contribution in [3.05, 3.63) is 29.3 Å². The average Bonchev–Trinajstić information content (AvgIpc) is 2.50. The molecule has 0 bridgehead atoms. The highest BCUT2D eigenvalue weighted by Gasteiger charge is 2.54. The average molecular weight is 357 g/mol. The van der Waals surface area contributed by atoms with Gasteiger partial charge in [-0.05, 0) is 82.3 Å². The van der Waals surface area contributed by atoms with Gasteiger partial charge in [0.15, 0.2) is 0 Å². The molecule has 0 unspecified atom stereocenters. The molecule has 0 aliphatic heterocycles. The van der Waals surface area contributed by atoms with Gasteiger partial charge in [-0.3, -0.25) is 0 Å². The summed E-state index contributed by atoms with van der Waals surface area (Å²) in [5.74, 6) is 0.689. The third-order valence-electron chi connectivity index (χ3n) is 5.54. The Balaban J connectivity index is 1.52. The fourth-order valence-electron chi connectivity index (χ4n) is 4.28. The number of ether oxygens (including phenoxy) is 1. The Kier molecular flexibility index (Phi) is 5.38. The van der Waals surface area contributed by atoms with Gasteiger partial charge >= 0.3 is 6.09 Å². The first kappa shape index (κ1) is 18.5. The Morgan fingerprint density at radius 3 is 2.73 bits per heavy atom. The minimum atomic E-state index is -0.943. The predicted octanol–water partition coefficient (Wildman–Crippen LogP) is 3.01. The van der Waals surface area contributed by atoms with E-state index in [1.165, 1.54) is 5.56 Å². The third kappa shape index (κ3) is 4.28. The highest BCUT2D eigenvalue weighted by Crippen LogP contribution is 2.56. The Labute approximate surface area is 154 Å². The normalized spacial score (nSPS) is 26.7. The first-order valence-corrected chi connectivity index (χ1v) is 9.23. The second-order valence-corrected chi connectivity index (χ2v) is 8.05. The molecule has 0 radical (unpaired) electrons. The number of rotatable bonds is 7. The Morgan fingerprint density at radius 1 is 1.38 bits per heavy atom. The maximum absolute atomic E-state index is 10.7. The maximum Gasteiger partial charge on any atom is 0.404 e. The number of nitriles is 1. The van der Waals surface area contributed by atoms with Crippen molar-refractivity contribution >= 4 is 6.09 Å². The van der Waals surface area contributed by atoms with Crippen LogP contribution in [0.2, 0.25) is 0 Å². The fraction of sp³-hybridized carbons (Fsp3) is 0.600. The predicted molar refractivity (Wildman–Crippen MR) is 98.3 cm³/mol. The van der Waals surface area contributed by atoms with E-state index in [4.69, 9.17) is 9.84 Å². The van der Waals surface area contributed by atoms with E-state index in [1.54, 1.807) is 0 Å². The fourth-order valence-corrected chi connectivity index (χ4v) is 4.28. The van der Waals surface area contributed by atoms with E-state index in [2.05, 4.69) is 30.4 Å². The molecule has 1 aromatic rings. The van der Waals surface area contributed by atoms with Gasteiger partial charge in [-0.15, -0.1) is 0 Å². The monoisotopic (exact) mass is 357 g/mol. The second kappa shape index (κ2) is 7.55. The molecule has 0 aromatic heterocycles. The number of aryl methyl sites for hydroxylation is 1. The van der Waals surface area contributed by atoms with E-state index in [9.17, 15) is 10.1 Å². The SMILES string of the molecule is CN(C)CCCc1ccc(C#N)c(OC2CC3(CC(NC(=O)O)C3)C2)c1. The number of hydrogen-bond acceptors (Lipinski definition) is 4. The van der Waals surface area contributed by atoms with E-state index in [-0.39, 0.29) is 17.6 Å². The minimum Gasteiger partial charge on any atom is -0.489 e. The molecule has 1 amide bonds. The number of nitrogens with zero attached hydrogens (tertiary/aromatic N) is 2. The first-order chi connectivity index (χ1) is 12.4. The van der Waals surface area contributed by atoms with Crippen molar-refractivity contribution in [3.8, 4) is 11.8 Å². The van der Waals surface area contributed by atoms with Crippen molar-refractivity contribution in [2.45, 2.75) is 50.7 Å². The molecule has 0 heterocycles. The lowest BCUT2D eigenvalue weighted by atomic mass is 9.53. The summed E-state index contributed by atoms with van der Waals surface area (Å²) in [6.45, 7) is 1.03. The van der Waals surface area contributed by atoms with Crippen LogP contribution in [0.25, 0.3) is 0 Å². The van der Waals surface area contributed by atoms with Crippen molar-refractivity contribution in [2.24, 2.45) is 5.41 Å². The molecule has 6 heteroatoms. The lowest BCUT2D eigenvalue weighted by Crippen LogP contribution is -2.58. The van der Waals surface area contributed by atoms with Crippen LogP contribution in [0.15, 0.2) is 18.2 Å². The lowest BCUT2D eigenvalue weighted by molar-refractivity contribution is -0.0838. The molecule has 1 spiro atoms. The molecular formula is C20H27N3O3. The smallest absolute Gasteiger partial charge is 0.404 e. The van der Waals surface area contributed by atoms with Gasteiger partial charge in [-0.2, -0.15) is 5.26 Å². The van der Waals surface area contributed by atoms with Crippen LogP contribution in [0.3, 0.4) is 0 Å². The quantitative estimate of drug-likeness (QED) is 0.783. The van der Waals surface area contributed by atoms with Gasteiger partial charge < -0.3 is 20.1 Å². The second-order valence-electron chi connectivity index (χ2n) is 8.05. The summed E-state index contributed by atoms with van der Waals surface area (Å²) in [5, 5.41) is 20.7. The molecule has 26 heavy (non-hydrogen) atoms. The molecular weight excluding hydrogens is 330 g/mol. The molecule has 2 N–H and O–H groups in total. The maximum atomic E-state index is 10.7. The number of nitrogens with one attached hydrogen (secondary N) is 1. The lowest BCUT2D eigenvalue weighted by Gasteiger charge is -2.57. The molecule has 2 aliphatic carbocycles. The molecule has 2 aliphatic rings. The number of benzene rings is 1. The van der Waals surface area contributed by atoms with Crippen LogP contribution in [0.4, 0.5) is 4.79 Å². The summed E-state index contributed by atoms with van der Waals surface area (Å²) >= 11 is 0. The van der Waals surface area contributed by atoms with Crippen LogP contribution >= 0.6 is 0 Å². The van der Waals surface area contributed by atoms with E-state index in [1.807, 2.05) is 18.2 Å². The van der Waals surface area contributed by atoms with E-state index in [0.717, 1.165) is 45.1 Å².